The number of alkyl halides is 1. The van der Waals surface area contributed by atoms with Crippen LogP contribution < -0.4 is 4.72 Å². The number of carbonyl (C=O) groups excluding carboxylic acids is 1. The van der Waals surface area contributed by atoms with Gasteiger partial charge in [0.05, 0.1) is 17.0 Å². The Kier molecular flexibility index (Phi) is 5.65. The second kappa shape index (κ2) is 7.66. The molecule has 2 heterocycles. The number of allylic oxidation sites excluding steroid dienone is 3. The molecule has 0 radical (unpaired) electrons. The first-order valence-electron chi connectivity index (χ1n) is 8.15. The van der Waals surface area contributed by atoms with Gasteiger partial charge in [-0.25, -0.2) is 22.2 Å². The molecule has 0 saturated heterocycles. The number of hydrogen-bond donors (Lipinski definition) is 2. The maximum atomic E-state index is 14.9. The van der Waals surface area contributed by atoms with Gasteiger partial charge < -0.3 is 4.98 Å². The fraction of sp³-hybridized carbons (Fsp3) is 0.294. The van der Waals surface area contributed by atoms with Crippen molar-refractivity contribution in [1.82, 2.24) is 14.7 Å². The van der Waals surface area contributed by atoms with Crippen molar-refractivity contribution in [2.24, 2.45) is 0 Å². The summed E-state index contributed by atoms with van der Waals surface area (Å²) >= 11 is 2.02. The van der Waals surface area contributed by atoms with E-state index in [2.05, 4.69) is 14.7 Å². The molecule has 6 nitrogen and oxygen atoms in total. The van der Waals surface area contributed by atoms with Crippen LogP contribution in [0.5, 0.6) is 0 Å². The fourth-order valence-corrected chi connectivity index (χ4v) is 4.44. The summed E-state index contributed by atoms with van der Waals surface area (Å²) in [5.41, 5.74) is -0.577. The van der Waals surface area contributed by atoms with Gasteiger partial charge >= 0.3 is 0 Å². The molecule has 2 aromatic rings. The number of rotatable bonds is 6. The average Bonchev–Trinajstić information content (AvgIpc) is 3.00. The third kappa shape index (κ3) is 4.05. The summed E-state index contributed by atoms with van der Waals surface area (Å²) in [4.78, 5) is 19.8. The van der Waals surface area contributed by atoms with Crippen molar-refractivity contribution in [2.45, 2.75) is 25.9 Å². The molecule has 1 unspecified atom stereocenters. The molecule has 27 heavy (non-hydrogen) atoms. The summed E-state index contributed by atoms with van der Waals surface area (Å²) in [6.45, 7) is 1.67. The van der Waals surface area contributed by atoms with Crippen molar-refractivity contribution in [3.05, 3.63) is 50.8 Å². The van der Waals surface area contributed by atoms with Gasteiger partial charge in [-0.3, -0.25) is 9.52 Å². The Balaban J connectivity index is 2.02. The lowest BCUT2D eigenvalue weighted by molar-refractivity contribution is 0.101. The Morgan fingerprint density at radius 3 is 2.93 bits per heavy atom. The van der Waals surface area contributed by atoms with E-state index in [9.17, 15) is 22.0 Å². The minimum Gasteiger partial charge on any atom is -0.345 e. The molecular formula is C17H16F2IN3O3S. The number of aromatic nitrogens is 2. The summed E-state index contributed by atoms with van der Waals surface area (Å²) in [6.07, 6.45) is 2.24. The number of H-pyrrole nitrogens is 1. The normalized spacial score (nSPS) is 17.9. The molecule has 2 N–H and O–H groups in total. The lowest BCUT2D eigenvalue weighted by Crippen LogP contribution is -2.30. The maximum Gasteiger partial charge on any atom is 0.232 e. The lowest BCUT2D eigenvalue weighted by Gasteiger charge is -2.20. The first kappa shape index (κ1) is 19.9. The smallest absolute Gasteiger partial charge is 0.232 e. The van der Waals surface area contributed by atoms with Crippen molar-refractivity contribution in [1.29, 1.82) is 0 Å². The minimum atomic E-state index is -3.77. The van der Waals surface area contributed by atoms with Crippen LogP contribution in [-0.2, 0) is 10.0 Å². The molecule has 1 aliphatic rings. The highest BCUT2D eigenvalue weighted by Crippen LogP contribution is 2.32. The van der Waals surface area contributed by atoms with E-state index in [4.69, 9.17) is 0 Å². The summed E-state index contributed by atoms with van der Waals surface area (Å²) in [7, 11) is -3.77. The van der Waals surface area contributed by atoms with Gasteiger partial charge in [0.15, 0.2) is 11.6 Å². The molecule has 0 aromatic carbocycles. The number of nitrogens with zero attached hydrogens (tertiary/aromatic N) is 1. The highest BCUT2D eigenvalue weighted by molar-refractivity contribution is 14.1. The van der Waals surface area contributed by atoms with Crippen molar-refractivity contribution in [3.63, 3.8) is 0 Å². The number of Topliss-reactive ketones (excluding diaryl/α,β-unsaturated/α-hetero) is 1. The highest BCUT2D eigenvalue weighted by atomic mass is 127. The van der Waals surface area contributed by atoms with Gasteiger partial charge in [-0.15, -0.1) is 0 Å². The van der Waals surface area contributed by atoms with E-state index in [1.807, 2.05) is 22.6 Å². The van der Waals surface area contributed by atoms with Crippen molar-refractivity contribution in [3.8, 4) is 0 Å². The zero-order chi connectivity index (χ0) is 19.8. The molecule has 1 aliphatic carbocycles. The van der Waals surface area contributed by atoms with E-state index in [0.29, 0.717) is 17.5 Å². The summed E-state index contributed by atoms with van der Waals surface area (Å²) in [5, 5.41) is 0.446. The Labute approximate surface area is 168 Å². The number of aromatic amines is 1. The van der Waals surface area contributed by atoms with Crippen LogP contribution in [0, 0.1) is 3.57 Å². The van der Waals surface area contributed by atoms with Crippen LogP contribution in [0.2, 0.25) is 0 Å². The largest absolute Gasteiger partial charge is 0.345 e. The summed E-state index contributed by atoms with van der Waals surface area (Å²) in [5.74, 6) is -2.23. The van der Waals surface area contributed by atoms with Crippen LogP contribution in [0.3, 0.4) is 0 Å². The van der Waals surface area contributed by atoms with Crippen LogP contribution in [-0.4, -0.2) is 36.1 Å². The summed E-state index contributed by atoms with van der Waals surface area (Å²) in [6, 6.07) is 1.68. The van der Waals surface area contributed by atoms with E-state index >= 15 is 0 Å². The van der Waals surface area contributed by atoms with Crippen molar-refractivity contribution in [2.75, 3.05) is 5.75 Å². The number of fused-ring (bicyclic) bond motifs is 1. The molecule has 3 rings (SSSR count). The second-order valence-electron chi connectivity index (χ2n) is 6.05. The number of ketones is 1. The van der Waals surface area contributed by atoms with E-state index in [-0.39, 0.29) is 17.7 Å². The SMILES string of the molecule is CCCS(=O)(=O)NC1=CCC(F)C(C(=O)c2c[nH]c3ncc(I)cc23)=C1F. The topological polar surface area (TPSA) is 91.9 Å². The molecule has 1 atom stereocenters. The van der Waals surface area contributed by atoms with Crippen LogP contribution in [0.25, 0.3) is 11.0 Å². The van der Waals surface area contributed by atoms with Gasteiger partial charge in [-0.05, 0) is 35.1 Å². The first-order valence-corrected chi connectivity index (χ1v) is 10.9. The Morgan fingerprint density at radius 2 is 2.22 bits per heavy atom. The zero-order valence-corrected chi connectivity index (χ0v) is 17.2. The van der Waals surface area contributed by atoms with Crippen LogP contribution >= 0.6 is 22.6 Å². The average molecular weight is 507 g/mol. The predicted molar refractivity (Wildman–Crippen MR) is 106 cm³/mol. The van der Waals surface area contributed by atoms with Gasteiger partial charge in [0, 0.05) is 33.3 Å². The van der Waals surface area contributed by atoms with Gasteiger partial charge in [-0.2, -0.15) is 0 Å². The maximum absolute atomic E-state index is 14.9. The standard InChI is InChI=1S/C17H16F2IN3O3S/c1-2-5-27(25,26)23-13-4-3-12(18)14(15(13)19)16(24)11-8-22-17-10(11)6-9(20)7-21-17/h4,6-8,12,23H,2-3,5H2,1H3,(H,21,22). The third-order valence-corrected chi connectivity index (χ3v) is 6.11. The lowest BCUT2D eigenvalue weighted by atomic mass is 9.93. The van der Waals surface area contributed by atoms with Gasteiger partial charge in [-0.1, -0.05) is 13.0 Å². The van der Waals surface area contributed by atoms with E-state index in [1.54, 1.807) is 19.2 Å². The molecular weight excluding hydrogens is 491 g/mol. The van der Waals surface area contributed by atoms with Crippen molar-refractivity contribution >= 4 is 49.4 Å². The van der Waals surface area contributed by atoms with Crippen LogP contribution in [0.15, 0.2) is 41.6 Å². The molecule has 0 spiro atoms. The number of halogens is 3. The molecule has 0 bridgehead atoms. The van der Waals surface area contributed by atoms with E-state index in [0.717, 1.165) is 9.65 Å². The number of nitrogens with one attached hydrogen (secondary N) is 2. The van der Waals surface area contributed by atoms with Crippen LogP contribution in [0.4, 0.5) is 8.78 Å². The fourth-order valence-electron chi connectivity index (χ4n) is 2.84. The minimum absolute atomic E-state index is 0.0847. The first-order chi connectivity index (χ1) is 12.7. The Hall–Kier alpha value is -1.82. The molecule has 144 valence electrons. The number of sulfonamides is 1. The molecule has 0 saturated carbocycles. The Bertz CT molecular complexity index is 1080. The van der Waals surface area contributed by atoms with Gasteiger partial charge in [0.25, 0.3) is 0 Å². The van der Waals surface area contributed by atoms with E-state index in [1.165, 1.54) is 6.20 Å². The highest BCUT2D eigenvalue weighted by Gasteiger charge is 2.33. The molecule has 10 heteroatoms. The quantitative estimate of drug-likeness (QED) is 0.463. The molecule has 2 aromatic heterocycles. The number of hydrogen-bond acceptors (Lipinski definition) is 4. The molecule has 0 fully saturated rings. The zero-order valence-electron chi connectivity index (χ0n) is 14.2. The number of pyridine rings is 1. The van der Waals surface area contributed by atoms with Crippen LogP contribution in [0.1, 0.15) is 30.1 Å². The molecule has 0 amide bonds. The summed E-state index contributed by atoms with van der Waals surface area (Å²) < 4.78 is 55.9. The van der Waals surface area contributed by atoms with E-state index < -0.39 is 39.1 Å². The second-order valence-corrected chi connectivity index (χ2v) is 9.14. The van der Waals surface area contributed by atoms with Crippen molar-refractivity contribution < 1.29 is 22.0 Å². The van der Waals surface area contributed by atoms with Gasteiger partial charge in [0.1, 0.15) is 11.8 Å². The molecule has 0 aliphatic heterocycles. The third-order valence-electron chi connectivity index (χ3n) is 4.04. The van der Waals surface area contributed by atoms with Gasteiger partial charge in [0.2, 0.25) is 10.0 Å². The monoisotopic (exact) mass is 507 g/mol. The number of carbonyl (C=O) groups is 1. The predicted octanol–water partition coefficient (Wildman–Crippen LogP) is 3.53. The Morgan fingerprint density at radius 1 is 1.48 bits per heavy atom.